The number of rotatable bonds is 3. The maximum absolute atomic E-state index is 10.4. The van der Waals surface area contributed by atoms with Crippen LogP contribution >= 0.6 is 0 Å². The fourth-order valence-electron chi connectivity index (χ4n) is 3.61. The van der Waals surface area contributed by atoms with Crippen LogP contribution < -0.4 is 5.73 Å². The highest BCUT2D eigenvalue weighted by atomic mass is 16.3. The van der Waals surface area contributed by atoms with E-state index in [9.17, 15) is 10.2 Å². The first-order valence-electron chi connectivity index (χ1n) is 8.74. The normalized spacial score (nSPS) is 11.1. The van der Waals surface area contributed by atoms with Gasteiger partial charge in [0.2, 0.25) is 0 Å². The monoisotopic (exact) mass is 347 g/mol. The molecule has 0 radical (unpaired) electrons. The van der Waals surface area contributed by atoms with Gasteiger partial charge in [-0.2, -0.15) is 0 Å². The van der Waals surface area contributed by atoms with E-state index in [-0.39, 0.29) is 17.4 Å². The van der Waals surface area contributed by atoms with Gasteiger partial charge in [0, 0.05) is 11.6 Å². The Morgan fingerprint density at radius 1 is 0.692 bits per heavy atom. The molecule has 0 aliphatic carbocycles. The van der Waals surface area contributed by atoms with E-state index in [2.05, 4.69) is 12.1 Å². The number of hydrogen-bond donors (Lipinski definition) is 3. The van der Waals surface area contributed by atoms with Crippen molar-refractivity contribution in [2.24, 2.45) is 0 Å². The fraction of sp³-hybridized carbons (Fsp3) is 0.217. The standard InChI is InChI=1S/C23H25NO2/c1-13-9-18(15(3)21(25)11-13)23(17-7-5-6-8-20(17)24)19-10-14(2)12-22(26)16(19)4/h5-12,23,25-26H,24H2,1-4H3. The molecule has 3 aromatic carbocycles. The van der Waals surface area contributed by atoms with Crippen molar-refractivity contribution in [3.05, 3.63) is 87.5 Å². The summed E-state index contributed by atoms with van der Waals surface area (Å²) < 4.78 is 0. The average molecular weight is 347 g/mol. The molecule has 0 aliphatic heterocycles. The van der Waals surface area contributed by atoms with Crippen molar-refractivity contribution in [3.63, 3.8) is 0 Å². The zero-order valence-electron chi connectivity index (χ0n) is 15.7. The SMILES string of the molecule is Cc1cc(O)c(C)c(C(c2ccccc2N)c2cc(C)cc(O)c2C)c1. The minimum absolute atomic E-state index is 0.173. The molecule has 0 spiro atoms. The van der Waals surface area contributed by atoms with Crippen LogP contribution in [0.4, 0.5) is 5.69 Å². The summed E-state index contributed by atoms with van der Waals surface area (Å²) in [5.74, 6) is 0.371. The maximum Gasteiger partial charge on any atom is 0.119 e. The molecule has 134 valence electrons. The first-order valence-corrected chi connectivity index (χ1v) is 8.74. The van der Waals surface area contributed by atoms with Crippen LogP contribution in [0.2, 0.25) is 0 Å². The highest BCUT2D eigenvalue weighted by molar-refractivity contribution is 5.61. The van der Waals surface area contributed by atoms with Gasteiger partial charge in [-0.1, -0.05) is 30.3 Å². The Morgan fingerprint density at radius 3 is 1.62 bits per heavy atom. The fourth-order valence-corrected chi connectivity index (χ4v) is 3.61. The number of nitrogen functional groups attached to an aromatic ring is 1. The van der Waals surface area contributed by atoms with E-state index in [0.717, 1.165) is 38.9 Å². The van der Waals surface area contributed by atoms with Gasteiger partial charge in [-0.3, -0.25) is 0 Å². The lowest BCUT2D eigenvalue weighted by Gasteiger charge is -2.25. The van der Waals surface area contributed by atoms with E-state index in [4.69, 9.17) is 5.73 Å². The van der Waals surface area contributed by atoms with Gasteiger partial charge < -0.3 is 15.9 Å². The summed E-state index contributed by atoms with van der Waals surface area (Å²) in [5, 5.41) is 20.8. The molecule has 0 heterocycles. The smallest absolute Gasteiger partial charge is 0.119 e. The zero-order chi connectivity index (χ0) is 19.0. The highest BCUT2D eigenvalue weighted by Crippen LogP contribution is 2.42. The first kappa shape index (κ1) is 17.9. The van der Waals surface area contributed by atoms with Gasteiger partial charge >= 0.3 is 0 Å². The Labute approximate surface area is 154 Å². The van der Waals surface area contributed by atoms with Crippen molar-refractivity contribution in [1.29, 1.82) is 0 Å². The molecule has 3 nitrogen and oxygen atoms in total. The lowest BCUT2D eigenvalue weighted by atomic mass is 9.79. The van der Waals surface area contributed by atoms with Crippen molar-refractivity contribution in [2.75, 3.05) is 5.73 Å². The zero-order valence-corrected chi connectivity index (χ0v) is 15.7. The summed E-state index contributed by atoms with van der Waals surface area (Å²) in [6.07, 6.45) is 0. The third-order valence-corrected chi connectivity index (χ3v) is 5.06. The molecule has 0 atom stereocenters. The van der Waals surface area contributed by atoms with E-state index in [1.54, 1.807) is 12.1 Å². The second-order valence-corrected chi connectivity index (χ2v) is 7.06. The summed E-state index contributed by atoms with van der Waals surface area (Å²) in [5.41, 5.74) is 13.6. The molecular weight excluding hydrogens is 322 g/mol. The molecule has 4 N–H and O–H groups in total. The third kappa shape index (κ3) is 3.13. The van der Waals surface area contributed by atoms with Gasteiger partial charge in [0.15, 0.2) is 0 Å². The van der Waals surface area contributed by atoms with Crippen LogP contribution in [0.15, 0.2) is 48.5 Å². The summed E-state index contributed by atoms with van der Waals surface area (Å²) in [6.45, 7) is 7.77. The van der Waals surface area contributed by atoms with Crippen molar-refractivity contribution in [2.45, 2.75) is 33.6 Å². The summed E-state index contributed by atoms with van der Waals surface area (Å²) >= 11 is 0. The van der Waals surface area contributed by atoms with Gasteiger partial charge in [-0.15, -0.1) is 0 Å². The molecule has 0 aliphatic rings. The number of aromatic hydroxyl groups is 2. The second-order valence-electron chi connectivity index (χ2n) is 7.06. The Morgan fingerprint density at radius 2 is 1.15 bits per heavy atom. The Kier molecular flexibility index (Phi) is 4.64. The molecule has 3 aromatic rings. The maximum atomic E-state index is 10.4. The first-order chi connectivity index (χ1) is 12.3. The molecule has 3 rings (SSSR count). The van der Waals surface area contributed by atoms with Crippen LogP contribution in [0.3, 0.4) is 0 Å². The molecule has 0 saturated carbocycles. The number of phenols is 2. The van der Waals surface area contributed by atoms with E-state index in [1.165, 1.54) is 0 Å². The number of aryl methyl sites for hydroxylation is 2. The van der Waals surface area contributed by atoms with E-state index < -0.39 is 0 Å². The van der Waals surface area contributed by atoms with Gasteiger partial charge in [0.25, 0.3) is 0 Å². The Balaban J connectivity index is 2.38. The molecule has 0 fully saturated rings. The minimum Gasteiger partial charge on any atom is -0.508 e. The van der Waals surface area contributed by atoms with E-state index >= 15 is 0 Å². The molecule has 0 amide bonds. The quantitative estimate of drug-likeness (QED) is 0.456. The number of anilines is 1. The van der Waals surface area contributed by atoms with Crippen LogP contribution in [-0.2, 0) is 0 Å². The van der Waals surface area contributed by atoms with Crippen LogP contribution in [0.1, 0.15) is 44.9 Å². The average Bonchev–Trinajstić information content (AvgIpc) is 2.58. The summed E-state index contributed by atoms with van der Waals surface area (Å²) in [7, 11) is 0. The van der Waals surface area contributed by atoms with Gasteiger partial charge in [-0.05, 0) is 84.8 Å². The third-order valence-electron chi connectivity index (χ3n) is 5.06. The second kappa shape index (κ2) is 6.75. The molecule has 0 saturated heterocycles. The van der Waals surface area contributed by atoms with Gasteiger partial charge in [0.1, 0.15) is 11.5 Å². The van der Waals surface area contributed by atoms with Crippen LogP contribution in [0.25, 0.3) is 0 Å². The van der Waals surface area contributed by atoms with Crippen LogP contribution in [0.5, 0.6) is 11.5 Å². The van der Waals surface area contributed by atoms with Crippen molar-refractivity contribution in [1.82, 2.24) is 0 Å². The molecule has 0 unspecified atom stereocenters. The number of benzene rings is 3. The molecular formula is C23H25NO2. The molecule has 26 heavy (non-hydrogen) atoms. The van der Waals surface area contributed by atoms with Crippen LogP contribution in [-0.4, -0.2) is 10.2 Å². The summed E-state index contributed by atoms with van der Waals surface area (Å²) in [6, 6.07) is 15.5. The Bertz CT molecular complexity index is 919. The topological polar surface area (TPSA) is 66.5 Å². The van der Waals surface area contributed by atoms with Crippen molar-refractivity contribution in [3.8, 4) is 11.5 Å². The van der Waals surface area contributed by atoms with Gasteiger partial charge in [0.05, 0.1) is 0 Å². The number of para-hydroxylation sites is 1. The lowest BCUT2D eigenvalue weighted by Crippen LogP contribution is -2.10. The molecule has 0 bridgehead atoms. The largest absolute Gasteiger partial charge is 0.508 e. The van der Waals surface area contributed by atoms with Gasteiger partial charge in [-0.25, -0.2) is 0 Å². The van der Waals surface area contributed by atoms with E-state index in [1.807, 2.05) is 52.0 Å². The predicted octanol–water partition coefficient (Wildman–Crippen LogP) is 5.09. The summed E-state index contributed by atoms with van der Waals surface area (Å²) in [4.78, 5) is 0. The Hall–Kier alpha value is -2.94. The number of phenolic OH excluding ortho intramolecular Hbond substituents is 2. The van der Waals surface area contributed by atoms with Crippen molar-refractivity contribution < 1.29 is 10.2 Å². The lowest BCUT2D eigenvalue weighted by molar-refractivity contribution is 0.468. The minimum atomic E-state index is -0.173. The predicted molar refractivity (Wildman–Crippen MR) is 107 cm³/mol. The number of nitrogens with two attached hydrogens (primary N) is 1. The highest BCUT2D eigenvalue weighted by Gasteiger charge is 2.25. The van der Waals surface area contributed by atoms with E-state index in [0.29, 0.717) is 5.69 Å². The van der Waals surface area contributed by atoms with Crippen molar-refractivity contribution >= 4 is 5.69 Å². The number of hydrogen-bond acceptors (Lipinski definition) is 3. The molecule has 0 aromatic heterocycles. The molecule has 3 heteroatoms. The van der Waals surface area contributed by atoms with Crippen LogP contribution in [0, 0.1) is 27.7 Å².